The van der Waals surface area contributed by atoms with E-state index in [1.807, 2.05) is 0 Å². The third-order valence-electron chi connectivity index (χ3n) is 3.04. The molecule has 9 heteroatoms. The van der Waals surface area contributed by atoms with Crippen LogP contribution in [0.15, 0.2) is 11.0 Å². The van der Waals surface area contributed by atoms with Crippen molar-refractivity contribution in [1.82, 2.24) is 9.55 Å². The molecule has 0 aliphatic carbocycles. The Morgan fingerprint density at radius 3 is 2.75 bits per heavy atom. The SMILES string of the molecule is CCOc1cn([C@@H]2O[C@H](CO)C(O)C2O)c(=O)nc1N. The number of ether oxygens (including phenoxy) is 2. The van der Waals surface area contributed by atoms with Crippen molar-refractivity contribution in [1.29, 1.82) is 0 Å². The lowest BCUT2D eigenvalue weighted by molar-refractivity contribution is -0.0551. The summed E-state index contributed by atoms with van der Waals surface area (Å²) in [7, 11) is 0. The van der Waals surface area contributed by atoms with Crippen LogP contribution in [-0.4, -0.2) is 56.4 Å². The number of aliphatic hydroxyl groups is 3. The molecule has 112 valence electrons. The Balaban J connectivity index is 2.38. The summed E-state index contributed by atoms with van der Waals surface area (Å²) in [4.78, 5) is 15.4. The van der Waals surface area contributed by atoms with Gasteiger partial charge < -0.3 is 30.5 Å². The van der Waals surface area contributed by atoms with Crippen molar-refractivity contribution in [3.05, 3.63) is 16.7 Å². The summed E-state index contributed by atoms with van der Waals surface area (Å²) in [6, 6.07) is 0. The lowest BCUT2D eigenvalue weighted by Gasteiger charge is -2.18. The molecule has 1 aromatic heterocycles. The van der Waals surface area contributed by atoms with Crippen LogP contribution < -0.4 is 16.2 Å². The number of aliphatic hydroxyl groups excluding tert-OH is 3. The van der Waals surface area contributed by atoms with Gasteiger partial charge >= 0.3 is 5.69 Å². The third-order valence-corrected chi connectivity index (χ3v) is 3.04. The van der Waals surface area contributed by atoms with Gasteiger partial charge in [0.15, 0.2) is 17.8 Å². The average Bonchev–Trinajstić information content (AvgIpc) is 2.70. The molecule has 0 radical (unpaired) electrons. The molecule has 20 heavy (non-hydrogen) atoms. The average molecular weight is 287 g/mol. The number of nitrogens with zero attached hydrogens (tertiary/aromatic N) is 2. The van der Waals surface area contributed by atoms with E-state index >= 15 is 0 Å². The maximum Gasteiger partial charge on any atom is 0.351 e. The van der Waals surface area contributed by atoms with E-state index in [0.29, 0.717) is 6.61 Å². The molecule has 0 saturated carbocycles. The van der Waals surface area contributed by atoms with Gasteiger partial charge in [0.1, 0.15) is 18.3 Å². The molecule has 0 aromatic carbocycles. The zero-order valence-corrected chi connectivity index (χ0v) is 10.8. The van der Waals surface area contributed by atoms with E-state index in [1.54, 1.807) is 6.92 Å². The topological polar surface area (TPSA) is 140 Å². The number of aromatic nitrogens is 2. The van der Waals surface area contributed by atoms with Gasteiger partial charge in [0, 0.05) is 0 Å². The van der Waals surface area contributed by atoms with Crippen LogP contribution in [0.25, 0.3) is 0 Å². The third kappa shape index (κ3) is 2.48. The maximum atomic E-state index is 11.8. The molecule has 0 amide bonds. The summed E-state index contributed by atoms with van der Waals surface area (Å²) < 4.78 is 11.4. The molecule has 2 heterocycles. The van der Waals surface area contributed by atoms with Crippen molar-refractivity contribution in [2.24, 2.45) is 0 Å². The zero-order chi connectivity index (χ0) is 14.9. The van der Waals surface area contributed by atoms with Crippen molar-refractivity contribution in [3.8, 4) is 5.75 Å². The van der Waals surface area contributed by atoms with Crippen LogP contribution in [-0.2, 0) is 4.74 Å². The van der Waals surface area contributed by atoms with Gasteiger partial charge in [-0.05, 0) is 6.92 Å². The Morgan fingerprint density at radius 2 is 2.20 bits per heavy atom. The number of hydrogen-bond acceptors (Lipinski definition) is 8. The molecule has 1 aliphatic heterocycles. The first kappa shape index (κ1) is 14.7. The highest BCUT2D eigenvalue weighted by atomic mass is 16.6. The monoisotopic (exact) mass is 287 g/mol. The predicted molar refractivity (Wildman–Crippen MR) is 67.1 cm³/mol. The number of nitrogens with two attached hydrogens (primary N) is 1. The lowest BCUT2D eigenvalue weighted by Crippen LogP contribution is -2.36. The predicted octanol–water partition coefficient (Wildman–Crippen LogP) is -2.16. The van der Waals surface area contributed by atoms with Gasteiger partial charge in [-0.1, -0.05) is 0 Å². The molecule has 1 aliphatic rings. The number of hydrogen-bond donors (Lipinski definition) is 4. The highest BCUT2D eigenvalue weighted by molar-refractivity contribution is 5.43. The molecule has 0 spiro atoms. The molecular formula is C11H17N3O6. The van der Waals surface area contributed by atoms with E-state index < -0.39 is 36.8 Å². The van der Waals surface area contributed by atoms with Gasteiger partial charge in [0.25, 0.3) is 0 Å². The van der Waals surface area contributed by atoms with Crippen molar-refractivity contribution in [2.45, 2.75) is 31.5 Å². The zero-order valence-electron chi connectivity index (χ0n) is 10.8. The summed E-state index contributed by atoms with van der Waals surface area (Å²) in [5.74, 6) is 0.102. The van der Waals surface area contributed by atoms with E-state index in [-0.39, 0.29) is 11.6 Å². The Kier molecular flexibility index (Phi) is 4.23. The fourth-order valence-corrected chi connectivity index (χ4v) is 2.02. The van der Waals surface area contributed by atoms with Gasteiger partial charge in [-0.25, -0.2) is 4.79 Å². The quantitative estimate of drug-likeness (QED) is 0.490. The van der Waals surface area contributed by atoms with Gasteiger partial charge in [0.05, 0.1) is 19.4 Å². The second-order valence-electron chi connectivity index (χ2n) is 4.34. The van der Waals surface area contributed by atoms with E-state index in [4.69, 9.17) is 20.3 Å². The lowest BCUT2D eigenvalue weighted by atomic mass is 10.1. The Labute approximate surface area is 114 Å². The van der Waals surface area contributed by atoms with E-state index in [9.17, 15) is 15.0 Å². The van der Waals surface area contributed by atoms with Crippen LogP contribution in [0, 0.1) is 0 Å². The second kappa shape index (κ2) is 5.75. The van der Waals surface area contributed by atoms with Crippen LogP contribution in [0.2, 0.25) is 0 Å². The Morgan fingerprint density at radius 1 is 1.50 bits per heavy atom. The fourth-order valence-electron chi connectivity index (χ4n) is 2.02. The Hall–Kier alpha value is -1.68. The van der Waals surface area contributed by atoms with Crippen LogP contribution in [0.3, 0.4) is 0 Å². The van der Waals surface area contributed by atoms with Crippen LogP contribution in [0.4, 0.5) is 5.82 Å². The van der Waals surface area contributed by atoms with Gasteiger partial charge in [-0.2, -0.15) is 4.98 Å². The molecule has 2 unspecified atom stereocenters. The molecule has 2 rings (SSSR count). The smallest absolute Gasteiger partial charge is 0.351 e. The first-order chi connectivity index (χ1) is 9.49. The van der Waals surface area contributed by atoms with Gasteiger partial charge in [-0.3, -0.25) is 4.57 Å². The summed E-state index contributed by atoms with van der Waals surface area (Å²) in [6.07, 6.45) is -3.55. The summed E-state index contributed by atoms with van der Waals surface area (Å²) >= 11 is 0. The standard InChI is InChI=1S/C11H17N3O6/c1-2-19-5-3-14(11(18)13-9(5)12)10-8(17)7(16)6(4-15)20-10/h3,6-8,10,15-17H,2,4H2,1H3,(H2,12,13,18)/t6-,7?,8?,10-/m1/s1. The van der Waals surface area contributed by atoms with Crippen molar-refractivity contribution in [2.75, 3.05) is 18.9 Å². The first-order valence-electron chi connectivity index (χ1n) is 6.13. The molecule has 4 atom stereocenters. The maximum absolute atomic E-state index is 11.8. The minimum Gasteiger partial charge on any atom is -0.488 e. The minimum atomic E-state index is -1.37. The van der Waals surface area contributed by atoms with Gasteiger partial charge in [0.2, 0.25) is 0 Å². The summed E-state index contributed by atoms with van der Waals surface area (Å²) in [6.45, 7) is 1.57. The molecular weight excluding hydrogens is 270 g/mol. The summed E-state index contributed by atoms with van der Waals surface area (Å²) in [5, 5.41) is 28.6. The van der Waals surface area contributed by atoms with E-state index in [2.05, 4.69) is 4.98 Å². The van der Waals surface area contributed by atoms with E-state index in [0.717, 1.165) is 4.57 Å². The van der Waals surface area contributed by atoms with Crippen molar-refractivity contribution in [3.63, 3.8) is 0 Å². The fraction of sp³-hybridized carbons (Fsp3) is 0.636. The van der Waals surface area contributed by atoms with Crippen LogP contribution >= 0.6 is 0 Å². The molecule has 9 nitrogen and oxygen atoms in total. The molecule has 5 N–H and O–H groups in total. The number of nitrogen functional groups attached to an aromatic ring is 1. The molecule has 1 aromatic rings. The highest BCUT2D eigenvalue weighted by Crippen LogP contribution is 2.29. The molecule has 1 saturated heterocycles. The largest absolute Gasteiger partial charge is 0.488 e. The normalized spacial score (nSPS) is 29.6. The van der Waals surface area contributed by atoms with Crippen molar-refractivity contribution >= 4 is 5.82 Å². The minimum absolute atomic E-state index is 0.0696. The van der Waals surface area contributed by atoms with Gasteiger partial charge in [-0.15, -0.1) is 0 Å². The van der Waals surface area contributed by atoms with E-state index in [1.165, 1.54) is 6.20 Å². The van der Waals surface area contributed by atoms with Crippen molar-refractivity contribution < 1.29 is 24.8 Å². The second-order valence-corrected chi connectivity index (χ2v) is 4.34. The van der Waals surface area contributed by atoms with Crippen LogP contribution in [0.1, 0.15) is 13.2 Å². The number of anilines is 1. The van der Waals surface area contributed by atoms with Crippen LogP contribution in [0.5, 0.6) is 5.75 Å². The Bertz CT molecular complexity index is 533. The first-order valence-corrected chi connectivity index (χ1v) is 6.13. The molecule has 1 fully saturated rings. The molecule has 0 bridgehead atoms. The number of rotatable bonds is 4. The highest BCUT2D eigenvalue weighted by Gasteiger charge is 2.44. The summed E-state index contributed by atoms with van der Waals surface area (Å²) in [5.41, 5.74) is 4.80.